The summed E-state index contributed by atoms with van der Waals surface area (Å²) in [6.45, 7) is 7.53. The zero-order valence-electron chi connectivity index (χ0n) is 18.8. The molecular formula is C27H28N4OS. The van der Waals surface area contributed by atoms with Crippen LogP contribution in [0.25, 0.3) is 21.3 Å². The summed E-state index contributed by atoms with van der Waals surface area (Å²) in [4.78, 5) is 22.1. The third-order valence-electron chi connectivity index (χ3n) is 6.14. The minimum atomic E-state index is -0.0157. The second-order valence-electron chi connectivity index (χ2n) is 8.50. The molecule has 1 amide bonds. The smallest absolute Gasteiger partial charge is 0.251 e. The fourth-order valence-electron chi connectivity index (χ4n) is 4.19. The van der Waals surface area contributed by atoms with Gasteiger partial charge in [-0.15, -0.1) is 0 Å². The SMILES string of the molecule is Cc1ccc2nc(N3CCN(CCNC(=O)c4ccc(-c5ccccc5)cc4)CC3)sc2c1. The predicted molar refractivity (Wildman–Crippen MR) is 137 cm³/mol. The number of hydrogen-bond acceptors (Lipinski definition) is 5. The highest BCUT2D eigenvalue weighted by Gasteiger charge is 2.20. The molecule has 1 aliphatic heterocycles. The molecule has 1 N–H and O–H groups in total. The number of benzene rings is 3. The highest BCUT2D eigenvalue weighted by molar-refractivity contribution is 7.22. The third-order valence-corrected chi connectivity index (χ3v) is 7.22. The maximum absolute atomic E-state index is 12.5. The van der Waals surface area contributed by atoms with E-state index in [0.29, 0.717) is 12.1 Å². The summed E-state index contributed by atoms with van der Waals surface area (Å²) in [5.74, 6) is -0.0157. The van der Waals surface area contributed by atoms with E-state index in [2.05, 4.69) is 52.4 Å². The number of carbonyl (C=O) groups excluding carboxylic acids is 1. The van der Waals surface area contributed by atoms with Crippen LogP contribution in [-0.4, -0.2) is 55.1 Å². The van der Waals surface area contributed by atoms with Crippen LogP contribution in [0, 0.1) is 6.92 Å². The molecule has 6 heteroatoms. The molecule has 0 spiro atoms. The Morgan fingerprint density at radius 3 is 2.42 bits per heavy atom. The Morgan fingerprint density at radius 1 is 0.939 bits per heavy atom. The van der Waals surface area contributed by atoms with Crippen LogP contribution in [0.1, 0.15) is 15.9 Å². The van der Waals surface area contributed by atoms with Crippen LogP contribution < -0.4 is 10.2 Å². The molecule has 33 heavy (non-hydrogen) atoms. The number of hydrogen-bond donors (Lipinski definition) is 1. The van der Waals surface area contributed by atoms with Gasteiger partial charge >= 0.3 is 0 Å². The zero-order chi connectivity index (χ0) is 22.6. The molecule has 5 rings (SSSR count). The fourth-order valence-corrected chi connectivity index (χ4v) is 5.31. The number of piperazine rings is 1. The monoisotopic (exact) mass is 456 g/mol. The van der Waals surface area contributed by atoms with Crippen molar-refractivity contribution >= 4 is 32.6 Å². The molecule has 1 saturated heterocycles. The van der Waals surface area contributed by atoms with E-state index in [0.717, 1.165) is 54.5 Å². The maximum atomic E-state index is 12.5. The van der Waals surface area contributed by atoms with E-state index in [1.807, 2.05) is 42.5 Å². The average Bonchev–Trinajstić information content (AvgIpc) is 3.28. The molecule has 1 aliphatic rings. The third kappa shape index (κ3) is 5.07. The fraction of sp³-hybridized carbons (Fsp3) is 0.259. The van der Waals surface area contributed by atoms with E-state index in [-0.39, 0.29) is 5.91 Å². The molecule has 168 valence electrons. The van der Waals surface area contributed by atoms with Gasteiger partial charge in [-0.2, -0.15) is 0 Å². The number of amides is 1. The molecule has 0 saturated carbocycles. The van der Waals surface area contributed by atoms with Gasteiger partial charge in [0.25, 0.3) is 5.91 Å². The lowest BCUT2D eigenvalue weighted by Gasteiger charge is -2.34. The van der Waals surface area contributed by atoms with Crippen molar-refractivity contribution in [1.82, 2.24) is 15.2 Å². The number of fused-ring (bicyclic) bond motifs is 1. The summed E-state index contributed by atoms with van der Waals surface area (Å²) in [7, 11) is 0. The van der Waals surface area contributed by atoms with Gasteiger partial charge < -0.3 is 10.2 Å². The van der Waals surface area contributed by atoms with Gasteiger partial charge in [0.2, 0.25) is 0 Å². The summed E-state index contributed by atoms with van der Waals surface area (Å²) in [6, 6.07) is 24.5. The van der Waals surface area contributed by atoms with Crippen molar-refractivity contribution < 1.29 is 4.79 Å². The van der Waals surface area contributed by atoms with Gasteiger partial charge in [0, 0.05) is 44.8 Å². The number of nitrogens with one attached hydrogen (secondary N) is 1. The second-order valence-corrected chi connectivity index (χ2v) is 9.50. The molecule has 0 bridgehead atoms. The number of anilines is 1. The van der Waals surface area contributed by atoms with Crippen LogP contribution in [-0.2, 0) is 0 Å². The van der Waals surface area contributed by atoms with E-state index in [9.17, 15) is 4.79 Å². The Morgan fingerprint density at radius 2 is 1.67 bits per heavy atom. The Labute approximate surface area is 198 Å². The Bertz CT molecular complexity index is 1230. The average molecular weight is 457 g/mol. The zero-order valence-corrected chi connectivity index (χ0v) is 19.6. The van der Waals surface area contributed by atoms with Crippen molar-refractivity contribution in [2.24, 2.45) is 0 Å². The van der Waals surface area contributed by atoms with E-state index < -0.39 is 0 Å². The van der Waals surface area contributed by atoms with Crippen LogP contribution >= 0.6 is 11.3 Å². The highest BCUT2D eigenvalue weighted by atomic mass is 32.1. The van der Waals surface area contributed by atoms with Gasteiger partial charge in [-0.05, 0) is 47.9 Å². The summed E-state index contributed by atoms with van der Waals surface area (Å²) in [6.07, 6.45) is 0. The lowest BCUT2D eigenvalue weighted by molar-refractivity contribution is 0.0948. The van der Waals surface area contributed by atoms with Gasteiger partial charge in [0.15, 0.2) is 5.13 Å². The van der Waals surface area contributed by atoms with Crippen molar-refractivity contribution in [3.8, 4) is 11.1 Å². The molecule has 0 radical (unpaired) electrons. The highest BCUT2D eigenvalue weighted by Crippen LogP contribution is 2.30. The summed E-state index contributed by atoms with van der Waals surface area (Å²) in [5, 5.41) is 4.18. The van der Waals surface area contributed by atoms with Crippen LogP contribution in [0.4, 0.5) is 5.13 Å². The van der Waals surface area contributed by atoms with Gasteiger partial charge in [-0.25, -0.2) is 4.98 Å². The van der Waals surface area contributed by atoms with E-state index in [1.54, 1.807) is 11.3 Å². The molecule has 5 nitrogen and oxygen atoms in total. The molecule has 0 unspecified atom stereocenters. The number of nitrogens with zero attached hydrogens (tertiary/aromatic N) is 3. The van der Waals surface area contributed by atoms with E-state index >= 15 is 0 Å². The number of aromatic nitrogens is 1. The summed E-state index contributed by atoms with van der Waals surface area (Å²) < 4.78 is 1.26. The Hall–Kier alpha value is -3.22. The molecule has 3 aromatic carbocycles. The van der Waals surface area contributed by atoms with E-state index in [4.69, 9.17) is 4.98 Å². The first-order valence-electron chi connectivity index (χ1n) is 11.4. The van der Waals surface area contributed by atoms with Crippen molar-refractivity contribution in [2.45, 2.75) is 6.92 Å². The van der Waals surface area contributed by atoms with Crippen molar-refractivity contribution in [3.63, 3.8) is 0 Å². The number of carbonyl (C=O) groups is 1. The van der Waals surface area contributed by atoms with Crippen LogP contribution in [0.2, 0.25) is 0 Å². The molecule has 1 fully saturated rings. The van der Waals surface area contributed by atoms with Gasteiger partial charge in [0.05, 0.1) is 10.2 Å². The standard InChI is InChI=1S/C27H28N4OS/c1-20-7-12-24-25(19-20)33-27(29-24)31-17-15-30(16-18-31)14-13-28-26(32)23-10-8-22(9-11-23)21-5-3-2-4-6-21/h2-12,19H,13-18H2,1H3,(H,28,32). The predicted octanol–water partition coefficient (Wildman–Crippen LogP) is 4.82. The van der Waals surface area contributed by atoms with Crippen LogP contribution in [0.5, 0.6) is 0 Å². The maximum Gasteiger partial charge on any atom is 0.251 e. The molecule has 1 aromatic heterocycles. The van der Waals surface area contributed by atoms with Gasteiger partial charge in [-0.3, -0.25) is 9.69 Å². The molecule has 2 heterocycles. The summed E-state index contributed by atoms with van der Waals surface area (Å²) >= 11 is 1.78. The normalized spacial score (nSPS) is 14.5. The minimum absolute atomic E-state index is 0.0157. The lowest BCUT2D eigenvalue weighted by Crippen LogP contribution is -2.48. The molecule has 0 atom stereocenters. The molecule has 4 aromatic rings. The molecular weight excluding hydrogens is 428 g/mol. The largest absolute Gasteiger partial charge is 0.351 e. The van der Waals surface area contributed by atoms with Crippen molar-refractivity contribution in [3.05, 3.63) is 83.9 Å². The number of aryl methyl sites for hydroxylation is 1. The first kappa shape index (κ1) is 21.6. The topological polar surface area (TPSA) is 48.5 Å². The first-order valence-corrected chi connectivity index (χ1v) is 12.3. The van der Waals surface area contributed by atoms with Crippen molar-refractivity contribution in [1.29, 1.82) is 0 Å². The molecule has 0 aliphatic carbocycles. The van der Waals surface area contributed by atoms with Crippen molar-refractivity contribution in [2.75, 3.05) is 44.2 Å². The Balaban J connectivity index is 1.08. The number of rotatable bonds is 6. The van der Waals surface area contributed by atoms with Gasteiger partial charge in [-0.1, -0.05) is 59.9 Å². The second kappa shape index (κ2) is 9.73. The van der Waals surface area contributed by atoms with Crippen LogP contribution in [0.3, 0.4) is 0 Å². The van der Waals surface area contributed by atoms with Gasteiger partial charge in [0.1, 0.15) is 0 Å². The van der Waals surface area contributed by atoms with E-state index in [1.165, 1.54) is 10.3 Å². The quantitative estimate of drug-likeness (QED) is 0.452. The minimum Gasteiger partial charge on any atom is -0.351 e. The van der Waals surface area contributed by atoms with Crippen LogP contribution in [0.15, 0.2) is 72.8 Å². The first-order chi connectivity index (χ1) is 16.2. The lowest BCUT2D eigenvalue weighted by atomic mass is 10.0. The Kier molecular flexibility index (Phi) is 6.37. The number of thiazole rings is 1. The summed E-state index contributed by atoms with van der Waals surface area (Å²) in [5.41, 5.74) is 5.34.